The summed E-state index contributed by atoms with van der Waals surface area (Å²) in [5.74, 6) is 2.99. The molecule has 2 N–H and O–H groups in total. The third-order valence-electron chi connectivity index (χ3n) is 1.94. The summed E-state index contributed by atoms with van der Waals surface area (Å²) in [5.41, 5.74) is 6.31. The van der Waals surface area contributed by atoms with Crippen molar-refractivity contribution in [1.82, 2.24) is 4.98 Å². The molecule has 1 rings (SSSR count). The summed E-state index contributed by atoms with van der Waals surface area (Å²) in [4.78, 5) is 4.09. The normalized spacial score (nSPS) is 10.9. The minimum atomic E-state index is -1.32. The fourth-order valence-corrected chi connectivity index (χ4v) is 2.03. The van der Waals surface area contributed by atoms with Crippen molar-refractivity contribution in [3.8, 4) is 12.3 Å². The van der Waals surface area contributed by atoms with Crippen LogP contribution in [0.4, 0.5) is 5.82 Å². The molecule has 0 unspecified atom stereocenters. The van der Waals surface area contributed by atoms with Crippen molar-refractivity contribution < 1.29 is 0 Å². The van der Waals surface area contributed by atoms with Crippen LogP contribution in [-0.4, -0.2) is 13.1 Å². The standard InChI is InChI=1S/C10H14N2Si/c1-5-8-6-9(13(2,3)4)7-12-10(8)11/h1,6-7H,2-4H3,(H2,11,12). The Kier molecular flexibility index (Phi) is 2.44. The maximum atomic E-state index is 5.61. The number of nitrogens with two attached hydrogens (primary N) is 1. The number of anilines is 1. The van der Waals surface area contributed by atoms with E-state index in [9.17, 15) is 0 Å². The molecule has 68 valence electrons. The monoisotopic (exact) mass is 190 g/mol. The minimum absolute atomic E-state index is 0.449. The van der Waals surface area contributed by atoms with Gasteiger partial charge in [-0.2, -0.15) is 0 Å². The number of rotatable bonds is 1. The smallest absolute Gasteiger partial charge is 0.139 e. The van der Waals surface area contributed by atoms with E-state index in [1.54, 1.807) is 0 Å². The Labute approximate surface area is 80.2 Å². The van der Waals surface area contributed by atoms with Crippen molar-refractivity contribution in [3.05, 3.63) is 17.8 Å². The maximum Gasteiger partial charge on any atom is 0.139 e. The number of hydrogen-bond donors (Lipinski definition) is 1. The molecule has 13 heavy (non-hydrogen) atoms. The van der Waals surface area contributed by atoms with Crippen LogP contribution in [-0.2, 0) is 0 Å². The highest BCUT2D eigenvalue weighted by Crippen LogP contribution is 2.07. The number of nitrogen functional groups attached to an aromatic ring is 1. The number of aromatic nitrogens is 1. The SMILES string of the molecule is C#Cc1cc([Si](C)(C)C)cnc1N. The molecule has 0 aliphatic heterocycles. The van der Waals surface area contributed by atoms with E-state index in [0.29, 0.717) is 11.4 Å². The summed E-state index contributed by atoms with van der Waals surface area (Å²) < 4.78 is 0. The van der Waals surface area contributed by atoms with Gasteiger partial charge in [-0.1, -0.05) is 25.6 Å². The molecule has 0 amide bonds. The van der Waals surface area contributed by atoms with Gasteiger partial charge in [-0.15, -0.1) is 6.42 Å². The largest absolute Gasteiger partial charge is 0.383 e. The van der Waals surface area contributed by atoms with Crippen LogP contribution in [0.2, 0.25) is 19.6 Å². The first-order chi connectivity index (χ1) is 5.95. The molecule has 0 aliphatic carbocycles. The molecule has 1 aromatic heterocycles. The molecule has 0 spiro atoms. The van der Waals surface area contributed by atoms with Crippen LogP contribution in [0.3, 0.4) is 0 Å². The lowest BCUT2D eigenvalue weighted by Gasteiger charge is -2.16. The summed E-state index contributed by atoms with van der Waals surface area (Å²) >= 11 is 0. The minimum Gasteiger partial charge on any atom is -0.383 e. The van der Waals surface area contributed by atoms with Gasteiger partial charge in [0.25, 0.3) is 0 Å². The van der Waals surface area contributed by atoms with Gasteiger partial charge < -0.3 is 5.73 Å². The molecule has 3 heteroatoms. The van der Waals surface area contributed by atoms with Crippen LogP contribution in [0.5, 0.6) is 0 Å². The van der Waals surface area contributed by atoms with E-state index in [4.69, 9.17) is 12.2 Å². The van der Waals surface area contributed by atoms with Gasteiger partial charge in [-0.25, -0.2) is 4.98 Å². The lowest BCUT2D eigenvalue weighted by Crippen LogP contribution is -2.38. The third kappa shape index (κ3) is 2.10. The van der Waals surface area contributed by atoms with Crippen molar-refractivity contribution in [1.29, 1.82) is 0 Å². The second-order valence-corrected chi connectivity index (χ2v) is 9.13. The molecule has 1 heterocycles. The van der Waals surface area contributed by atoms with E-state index in [1.165, 1.54) is 5.19 Å². The number of pyridine rings is 1. The maximum absolute atomic E-state index is 5.61. The Bertz CT molecular complexity index is 358. The Morgan fingerprint density at radius 2 is 2.08 bits per heavy atom. The molecule has 0 radical (unpaired) electrons. The molecule has 0 bridgehead atoms. The second-order valence-electron chi connectivity index (χ2n) is 4.05. The van der Waals surface area contributed by atoms with Gasteiger partial charge in [-0.3, -0.25) is 0 Å². The van der Waals surface area contributed by atoms with E-state index < -0.39 is 8.07 Å². The average Bonchev–Trinajstić information content (AvgIpc) is 2.03. The number of terminal acetylenes is 1. The predicted octanol–water partition coefficient (Wildman–Crippen LogP) is 1.19. The molecule has 0 fully saturated rings. The molecule has 0 aromatic carbocycles. The highest BCUT2D eigenvalue weighted by Gasteiger charge is 2.17. The second kappa shape index (κ2) is 3.23. The summed E-state index contributed by atoms with van der Waals surface area (Å²) in [7, 11) is -1.32. The molecule has 0 saturated heterocycles. The van der Waals surface area contributed by atoms with Crippen LogP contribution < -0.4 is 10.9 Å². The third-order valence-corrected chi connectivity index (χ3v) is 3.95. The Morgan fingerprint density at radius 3 is 2.54 bits per heavy atom. The zero-order valence-corrected chi connectivity index (χ0v) is 9.26. The van der Waals surface area contributed by atoms with Crippen molar-refractivity contribution >= 4 is 19.1 Å². The van der Waals surface area contributed by atoms with E-state index in [-0.39, 0.29) is 0 Å². The molecular weight excluding hydrogens is 176 g/mol. The zero-order valence-electron chi connectivity index (χ0n) is 8.26. The van der Waals surface area contributed by atoms with Crippen LogP contribution in [0.1, 0.15) is 5.56 Å². The van der Waals surface area contributed by atoms with Gasteiger partial charge >= 0.3 is 0 Å². The van der Waals surface area contributed by atoms with Crippen LogP contribution in [0.15, 0.2) is 12.3 Å². The highest BCUT2D eigenvalue weighted by molar-refractivity contribution is 6.88. The van der Waals surface area contributed by atoms with Gasteiger partial charge in [0.2, 0.25) is 0 Å². The van der Waals surface area contributed by atoms with Gasteiger partial charge in [-0.05, 0) is 11.3 Å². The van der Waals surface area contributed by atoms with Crippen molar-refractivity contribution in [3.63, 3.8) is 0 Å². The number of hydrogen-bond acceptors (Lipinski definition) is 2. The first kappa shape index (κ1) is 9.81. The molecule has 2 nitrogen and oxygen atoms in total. The predicted molar refractivity (Wildman–Crippen MR) is 59.6 cm³/mol. The molecule has 1 aromatic rings. The van der Waals surface area contributed by atoms with Gasteiger partial charge in [0.15, 0.2) is 0 Å². The Morgan fingerprint density at radius 1 is 1.46 bits per heavy atom. The summed E-state index contributed by atoms with van der Waals surface area (Å²) in [6.45, 7) is 6.75. The average molecular weight is 190 g/mol. The van der Waals surface area contributed by atoms with Crippen molar-refractivity contribution in [2.24, 2.45) is 0 Å². The van der Waals surface area contributed by atoms with E-state index in [1.807, 2.05) is 12.3 Å². The quantitative estimate of drug-likeness (QED) is 0.533. The van der Waals surface area contributed by atoms with Gasteiger partial charge in [0.05, 0.1) is 13.6 Å². The van der Waals surface area contributed by atoms with Gasteiger partial charge in [0, 0.05) is 6.20 Å². The number of nitrogens with zero attached hydrogens (tertiary/aromatic N) is 1. The van der Waals surface area contributed by atoms with Crippen LogP contribution >= 0.6 is 0 Å². The lowest BCUT2D eigenvalue weighted by atomic mass is 10.3. The summed E-state index contributed by atoms with van der Waals surface area (Å²) in [6.07, 6.45) is 7.14. The zero-order chi connectivity index (χ0) is 10.1. The Balaban J connectivity index is 3.24. The first-order valence-electron chi connectivity index (χ1n) is 4.18. The lowest BCUT2D eigenvalue weighted by molar-refractivity contribution is 1.33. The van der Waals surface area contributed by atoms with Gasteiger partial charge in [0.1, 0.15) is 5.82 Å². The first-order valence-corrected chi connectivity index (χ1v) is 7.68. The fourth-order valence-electron chi connectivity index (χ4n) is 1.00. The van der Waals surface area contributed by atoms with Crippen molar-refractivity contribution in [2.45, 2.75) is 19.6 Å². The molecule has 0 atom stereocenters. The van der Waals surface area contributed by atoms with Crippen LogP contribution in [0.25, 0.3) is 0 Å². The Hall–Kier alpha value is -1.27. The fraction of sp³-hybridized carbons (Fsp3) is 0.300. The molecular formula is C10H14N2Si. The molecule has 0 saturated carbocycles. The summed E-state index contributed by atoms with van der Waals surface area (Å²) in [5, 5.41) is 1.25. The molecule has 0 aliphatic rings. The summed E-state index contributed by atoms with van der Waals surface area (Å²) in [6, 6.07) is 1.98. The van der Waals surface area contributed by atoms with Crippen LogP contribution in [0, 0.1) is 12.3 Å². The van der Waals surface area contributed by atoms with E-state index >= 15 is 0 Å². The van der Waals surface area contributed by atoms with E-state index in [0.717, 1.165) is 0 Å². The van der Waals surface area contributed by atoms with Crippen molar-refractivity contribution in [2.75, 3.05) is 5.73 Å². The van der Waals surface area contributed by atoms with E-state index in [2.05, 4.69) is 30.5 Å². The highest BCUT2D eigenvalue weighted by atomic mass is 28.3. The topological polar surface area (TPSA) is 38.9 Å².